The molecule has 1 heterocycles. The molecule has 0 aliphatic carbocycles. The third-order valence-electron chi connectivity index (χ3n) is 3.37. The van der Waals surface area contributed by atoms with E-state index in [0.717, 1.165) is 16.8 Å². The minimum Gasteiger partial charge on any atom is -0.313 e. The standard InChI is InChI=1S/C14H16Cl2FN3/c1-8-10(14(16)20(3)19-8)7-13(18-2)9-4-5-11(15)12(17)6-9/h4-6,13,18H,7H2,1-3H3. The number of benzene rings is 1. The Labute approximate surface area is 127 Å². The number of hydrogen-bond acceptors (Lipinski definition) is 2. The minimum atomic E-state index is -0.418. The Morgan fingerprint density at radius 3 is 2.60 bits per heavy atom. The second kappa shape index (κ2) is 6.12. The Bertz CT molecular complexity index is 625. The van der Waals surface area contributed by atoms with Crippen LogP contribution < -0.4 is 5.32 Å². The van der Waals surface area contributed by atoms with Gasteiger partial charge in [-0.25, -0.2) is 4.39 Å². The van der Waals surface area contributed by atoms with E-state index in [9.17, 15) is 4.39 Å². The van der Waals surface area contributed by atoms with Gasteiger partial charge in [0.05, 0.1) is 10.7 Å². The van der Waals surface area contributed by atoms with Crippen molar-refractivity contribution < 1.29 is 4.39 Å². The van der Waals surface area contributed by atoms with Crippen LogP contribution in [-0.2, 0) is 13.5 Å². The molecule has 0 saturated carbocycles. The molecule has 0 aliphatic heterocycles. The van der Waals surface area contributed by atoms with Crippen molar-refractivity contribution in [3.05, 3.63) is 51.0 Å². The molecule has 6 heteroatoms. The highest BCUT2D eigenvalue weighted by Crippen LogP contribution is 2.27. The van der Waals surface area contributed by atoms with Crippen LogP contribution in [0.4, 0.5) is 4.39 Å². The largest absolute Gasteiger partial charge is 0.313 e. The van der Waals surface area contributed by atoms with E-state index >= 15 is 0 Å². The van der Waals surface area contributed by atoms with Crippen molar-refractivity contribution in [2.75, 3.05) is 7.05 Å². The van der Waals surface area contributed by atoms with Crippen LogP contribution >= 0.6 is 23.2 Å². The molecule has 0 aliphatic rings. The fourth-order valence-electron chi connectivity index (χ4n) is 2.23. The number of hydrogen-bond donors (Lipinski definition) is 1. The summed E-state index contributed by atoms with van der Waals surface area (Å²) in [6, 6.07) is 4.77. The maximum absolute atomic E-state index is 13.6. The Kier molecular flexibility index (Phi) is 4.68. The number of likely N-dealkylation sites (N-methyl/N-ethyl adjacent to an activating group) is 1. The van der Waals surface area contributed by atoms with E-state index in [2.05, 4.69) is 10.4 Å². The first-order valence-electron chi connectivity index (χ1n) is 6.24. The van der Waals surface area contributed by atoms with Crippen molar-refractivity contribution in [3.8, 4) is 0 Å². The number of aryl methyl sites for hydroxylation is 2. The van der Waals surface area contributed by atoms with Gasteiger partial charge in [-0.1, -0.05) is 29.3 Å². The van der Waals surface area contributed by atoms with Crippen LogP contribution in [-0.4, -0.2) is 16.8 Å². The van der Waals surface area contributed by atoms with Gasteiger partial charge in [-0.2, -0.15) is 5.10 Å². The zero-order valence-electron chi connectivity index (χ0n) is 11.5. The van der Waals surface area contributed by atoms with Gasteiger partial charge in [0.15, 0.2) is 0 Å². The molecule has 1 N–H and O–H groups in total. The first kappa shape index (κ1) is 15.3. The van der Waals surface area contributed by atoms with Gasteiger partial charge in [-0.3, -0.25) is 4.68 Å². The van der Waals surface area contributed by atoms with E-state index in [0.29, 0.717) is 11.6 Å². The predicted molar refractivity (Wildman–Crippen MR) is 79.9 cm³/mol. The molecule has 0 saturated heterocycles. The lowest BCUT2D eigenvalue weighted by Crippen LogP contribution is -2.19. The Balaban J connectivity index is 2.31. The summed E-state index contributed by atoms with van der Waals surface area (Å²) in [7, 11) is 3.63. The maximum atomic E-state index is 13.6. The normalized spacial score (nSPS) is 12.7. The molecule has 0 radical (unpaired) electrons. The van der Waals surface area contributed by atoms with Crippen molar-refractivity contribution in [2.45, 2.75) is 19.4 Å². The lowest BCUT2D eigenvalue weighted by Gasteiger charge is -2.17. The summed E-state index contributed by atoms with van der Waals surface area (Å²) >= 11 is 11.9. The molecule has 1 aromatic carbocycles. The van der Waals surface area contributed by atoms with E-state index in [1.54, 1.807) is 17.8 Å². The summed E-state index contributed by atoms with van der Waals surface area (Å²) in [6.07, 6.45) is 0.635. The number of nitrogens with one attached hydrogen (secondary N) is 1. The quantitative estimate of drug-likeness (QED) is 0.932. The van der Waals surface area contributed by atoms with Crippen molar-refractivity contribution in [2.24, 2.45) is 7.05 Å². The van der Waals surface area contributed by atoms with E-state index in [4.69, 9.17) is 23.2 Å². The minimum absolute atomic E-state index is 0.0535. The van der Waals surface area contributed by atoms with Crippen LogP contribution in [0.5, 0.6) is 0 Å². The fraction of sp³-hybridized carbons (Fsp3) is 0.357. The molecule has 2 aromatic rings. The molecule has 108 valence electrons. The number of nitrogens with zero attached hydrogens (tertiary/aromatic N) is 2. The van der Waals surface area contributed by atoms with Gasteiger partial charge >= 0.3 is 0 Å². The van der Waals surface area contributed by atoms with E-state index < -0.39 is 5.82 Å². The molecule has 20 heavy (non-hydrogen) atoms. The third kappa shape index (κ3) is 2.97. The fourth-order valence-corrected chi connectivity index (χ4v) is 2.59. The number of rotatable bonds is 4. The van der Waals surface area contributed by atoms with Crippen molar-refractivity contribution in [1.29, 1.82) is 0 Å². The molecule has 1 atom stereocenters. The summed E-state index contributed by atoms with van der Waals surface area (Å²) in [5.74, 6) is -0.418. The first-order valence-corrected chi connectivity index (χ1v) is 6.99. The second-order valence-corrected chi connectivity index (χ2v) is 5.46. The molecule has 1 aromatic heterocycles. The molecular formula is C14H16Cl2FN3. The maximum Gasteiger partial charge on any atom is 0.142 e. The van der Waals surface area contributed by atoms with Gasteiger partial charge in [0, 0.05) is 18.7 Å². The average molecular weight is 316 g/mol. The molecule has 0 bridgehead atoms. The van der Waals surface area contributed by atoms with Gasteiger partial charge in [0.1, 0.15) is 11.0 Å². The highest BCUT2D eigenvalue weighted by atomic mass is 35.5. The lowest BCUT2D eigenvalue weighted by atomic mass is 9.99. The highest BCUT2D eigenvalue weighted by molar-refractivity contribution is 6.30. The monoisotopic (exact) mass is 315 g/mol. The smallest absolute Gasteiger partial charge is 0.142 e. The van der Waals surface area contributed by atoms with Crippen LogP contribution in [0.1, 0.15) is 22.9 Å². The van der Waals surface area contributed by atoms with Gasteiger partial charge in [0.2, 0.25) is 0 Å². The molecular weight excluding hydrogens is 300 g/mol. The van der Waals surface area contributed by atoms with Gasteiger partial charge in [0.25, 0.3) is 0 Å². The number of halogens is 3. The summed E-state index contributed by atoms with van der Waals surface area (Å²) in [5, 5.41) is 8.19. The number of aromatic nitrogens is 2. The van der Waals surface area contributed by atoms with Crippen molar-refractivity contribution in [1.82, 2.24) is 15.1 Å². The average Bonchev–Trinajstić information content (AvgIpc) is 2.65. The van der Waals surface area contributed by atoms with Crippen molar-refractivity contribution >= 4 is 23.2 Å². The first-order chi connectivity index (χ1) is 9.43. The lowest BCUT2D eigenvalue weighted by molar-refractivity contribution is 0.576. The molecule has 2 rings (SSSR count). The van der Waals surface area contributed by atoms with E-state index in [-0.39, 0.29) is 11.1 Å². The van der Waals surface area contributed by atoms with Crippen LogP contribution in [0.3, 0.4) is 0 Å². The van der Waals surface area contributed by atoms with Crippen molar-refractivity contribution in [3.63, 3.8) is 0 Å². The zero-order valence-corrected chi connectivity index (χ0v) is 13.1. The van der Waals surface area contributed by atoms with Gasteiger partial charge in [-0.05, 0) is 38.1 Å². The summed E-state index contributed by atoms with van der Waals surface area (Å²) < 4.78 is 15.2. The molecule has 1 unspecified atom stereocenters. The van der Waals surface area contributed by atoms with E-state index in [1.165, 1.54) is 6.07 Å². The van der Waals surface area contributed by atoms with Crippen LogP contribution in [0, 0.1) is 12.7 Å². The van der Waals surface area contributed by atoms with E-state index in [1.807, 2.05) is 20.0 Å². The summed E-state index contributed by atoms with van der Waals surface area (Å²) in [5.41, 5.74) is 2.67. The van der Waals surface area contributed by atoms with Gasteiger partial charge in [-0.15, -0.1) is 0 Å². The van der Waals surface area contributed by atoms with Crippen LogP contribution in [0.25, 0.3) is 0 Å². The molecule has 0 fully saturated rings. The Morgan fingerprint density at radius 2 is 2.10 bits per heavy atom. The van der Waals surface area contributed by atoms with Crippen LogP contribution in [0.15, 0.2) is 18.2 Å². The SMILES string of the molecule is CNC(Cc1c(C)nn(C)c1Cl)c1ccc(Cl)c(F)c1. The predicted octanol–water partition coefficient (Wildman–Crippen LogP) is 3.68. The molecule has 0 amide bonds. The highest BCUT2D eigenvalue weighted by Gasteiger charge is 2.18. The summed E-state index contributed by atoms with van der Waals surface area (Å²) in [4.78, 5) is 0. The third-order valence-corrected chi connectivity index (χ3v) is 4.15. The topological polar surface area (TPSA) is 29.9 Å². The van der Waals surface area contributed by atoms with Crippen LogP contribution in [0.2, 0.25) is 10.2 Å². The Hall–Kier alpha value is -1.10. The second-order valence-electron chi connectivity index (χ2n) is 4.70. The van der Waals surface area contributed by atoms with Gasteiger partial charge < -0.3 is 5.32 Å². The Morgan fingerprint density at radius 1 is 1.40 bits per heavy atom. The zero-order chi connectivity index (χ0) is 14.9. The molecule has 3 nitrogen and oxygen atoms in total. The summed E-state index contributed by atoms with van der Waals surface area (Å²) in [6.45, 7) is 1.91. The molecule has 0 spiro atoms.